The summed E-state index contributed by atoms with van der Waals surface area (Å²) in [5.41, 5.74) is 0. The minimum atomic E-state index is -0.879. The number of carbonyl (C=O) groups is 2. The topological polar surface area (TPSA) is 119 Å². The number of imidazole rings is 1. The second-order valence-electron chi connectivity index (χ2n) is 5.76. The molecule has 0 radical (unpaired) electrons. The van der Waals surface area contributed by atoms with Gasteiger partial charge in [-0.2, -0.15) is 0 Å². The molecule has 1 aliphatic heterocycles. The fraction of sp³-hybridized carbons (Fsp3) is 0.643. The Morgan fingerprint density at radius 2 is 2.22 bits per heavy atom. The van der Waals surface area contributed by atoms with E-state index in [1.54, 1.807) is 23.3 Å². The van der Waals surface area contributed by atoms with E-state index in [0.717, 1.165) is 0 Å². The highest BCUT2D eigenvalue weighted by molar-refractivity contribution is 5.78. The van der Waals surface area contributed by atoms with Gasteiger partial charge in [0.1, 0.15) is 6.20 Å². The molecule has 0 unspecified atom stereocenters. The van der Waals surface area contributed by atoms with E-state index < -0.39 is 16.8 Å². The molecular formula is C14H20N4O5. The van der Waals surface area contributed by atoms with Gasteiger partial charge in [-0.25, -0.2) is 0 Å². The van der Waals surface area contributed by atoms with Gasteiger partial charge >= 0.3 is 11.8 Å². The number of rotatable bonds is 5. The lowest BCUT2D eigenvalue weighted by Crippen LogP contribution is -2.49. The van der Waals surface area contributed by atoms with Gasteiger partial charge < -0.3 is 24.7 Å². The van der Waals surface area contributed by atoms with E-state index in [9.17, 15) is 24.8 Å². The molecule has 126 valence electrons. The van der Waals surface area contributed by atoms with Gasteiger partial charge in [-0.1, -0.05) is 0 Å². The van der Waals surface area contributed by atoms with Crippen molar-refractivity contribution in [2.45, 2.75) is 45.7 Å². The maximum absolute atomic E-state index is 12.4. The van der Waals surface area contributed by atoms with Crippen LogP contribution in [0.4, 0.5) is 5.82 Å². The van der Waals surface area contributed by atoms with Crippen LogP contribution in [0.1, 0.15) is 32.0 Å². The van der Waals surface area contributed by atoms with Crippen molar-refractivity contribution >= 4 is 17.7 Å². The number of hydrogen-bond acceptors (Lipinski definition) is 5. The molecule has 0 spiro atoms. The Morgan fingerprint density at radius 3 is 2.78 bits per heavy atom. The minimum absolute atomic E-state index is 0.140. The molecule has 2 atom stereocenters. The van der Waals surface area contributed by atoms with Crippen LogP contribution in [-0.4, -0.2) is 48.9 Å². The van der Waals surface area contributed by atoms with Gasteiger partial charge in [-0.15, -0.1) is 0 Å². The third-order valence-electron chi connectivity index (χ3n) is 4.34. The number of aliphatic carboxylic acids is 1. The quantitative estimate of drug-likeness (QED) is 0.642. The molecule has 0 saturated carbocycles. The van der Waals surface area contributed by atoms with Crippen molar-refractivity contribution in [1.82, 2.24) is 14.5 Å². The number of carboxylic acid groups (broad SMARTS) is 1. The van der Waals surface area contributed by atoms with Gasteiger partial charge in [0.05, 0.1) is 5.92 Å². The molecule has 0 bridgehead atoms. The molecule has 1 aliphatic rings. The molecule has 9 nitrogen and oxygen atoms in total. The number of carbonyl (C=O) groups excluding carboxylic acids is 1. The predicted molar refractivity (Wildman–Crippen MR) is 79.8 cm³/mol. The maximum atomic E-state index is 12.4. The fourth-order valence-corrected chi connectivity index (χ4v) is 2.99. The molecule has 1 N–H and O–H groups in total. The molecule has 1 fully saturated rings. The molecule has 2 heterocycles. The number of carboxylic acids is 1. The predicted octanol–water partition coefficient (Wildman–Crippen LogP) is 1.20. The second kappa shape index (κ2) is 6.76. The average Bonchev–Trinajstić information content (AvgIpc) is 2.86. The average molecular weight is 324 g/mol. The van der Waals surface area contributed by atoms with Crippen molar-refractivity contribution in [1.29, 1.82) is 0 Å². The molecule has 1 aromatic heterocycles. The lowest BCUT2D eigenvalue weighted by atomic mass is 9.90. The van der Waals surface area contributed by atoms with Crippen LogP contribution in [0.25, 0.3) is 0 Å². The van der Waals surface area contributed by atoms with Gasteiger partial charge in [-0.05, 0) is 29.7 Å². The number of likely N-dealkylation sites (tertiary alicyclic amines) is 1. The number of aryl methyl sites for hydroxylation is 2. The van der Waals surface area contributed by atoms with Crippen LogP contribution in [-0.2, 0) is 16.1 Å². The van der Waals surface area contributed by atoms with E-state index in [2.05, 4.69) is 4.98 Å². The lowest BCUT2D eigenvalue weighted by Gasteiger charge is -2.37. The monoisotopic (exact) mass is 324 g/mol. The number of hydrogen-bond donors (Lipinski definition) is 1. The summed E-state index contributed by atoms with van der Waals surface area (Å²) in [5.74, 6) is -1.33. The van der Waals surface area contributed by atoms with E-state index in [0.29, 0.717) is 25.2 Å². The Morgan fingerprint density at radius 1 is 1.52 bits per heavy atom. The van der Waals surface area contributed by atoms with Crippen LogP contribution in [0.3, 0.4) is 0 Å². The first kappa shape index (κ1) is 16.9. The van der Waals surface area contributed by atoms with E-state index in [1.165, 1.54) is 6.20 Å². The Kier molecular flexibility index (Phi) is 4.97. The zero-order valence-corrected chi connectivity index (χ0v) is 13.1. The first-order valence-corrected chi connectivity index (χ1v) is 7.51. The molecular weight excluding hydrogens is 304 g/mol. The lowest BCUT2D eigenvalue weighted by molar-refractivity contribution is -0.389. The SMILES string of the molecule is Cc1nc([N+](=O)[O-])cn1CCC(=O)N1CCC[C@@H](C(=O)O)[C@H]1C. The molecule has 1 aromatic rings. The van der Waals surface area contributed by atoms with Crippen LogP contribution >= 0.6 is 0 Å². The van der Waals surface area contributed by atoms with Crippen LogP contribution in [0.2, 0.25) is 0 Å². The molecule has 2 rings (SSSR count). The van der Waals surface area contributed by atoms with Gasteiger partial charge in [0.25, 0.3) is 0 Å². The highest BCUT2D eigenvalue weighted by Gasteiger charge is 2.35. The molecule has 9 heteroatoms. The van der Waals surface area contributed by atoms with Crippen molar-refractivity contribution in [3.63, 3.8) is 0 Å². The summed E-state index contributed by atoms with van der Waals surface area (Å²) in [4.78, 5) is 39.1. The number of aromatic nitrogens is 2. The highest BCUT2D eigenvalue weighted by atomic mass is 16.6. The Labute approximate surface area is 133 Å². The first-order chi connectivity index (χ1) is 10.8. The first-order valence-electron chi connectivity index (χ1n) is 7.51. The summed E-state index contributed by atoms with van der Waals surface area (Å²) in [6.07, 6.45) is 2.71. The van der Waals surface area contributed by atoms with Crippen molar-refractivity contribution in [2.24, 2.45) is 5.92 Å². The van der Waals surface area contributed by atoms with Crippen molar-refractivity contribution < 1.29 is 19.6 Å². The standard InChI is InChI=1S/C14H20N4O5/c1-9-11(14(20)21)4-3-6-17(9)13(19)5-7-16-8-12(18(22)23)15-10(16)2/h8-9,11H,3-7H2,1-2H3,(H,20,21)/t9-,11-/m1/s1. The molecule has 1 amide bonds. The van der Waals surface area contributed by atoms with Crippen molar-refractivity contribution in [3.05, 3.63) is 22.1 Å². The zero-order valence-electron chi connectivity index (χ0n) is 13.1. The van der Waals surface area contributed by atoms with Crippen LogP contribution in [0, 0.1) is 23.0 Å². The van der Waals surface area contributed by atoms with Gasteiger partial charge in [-0.3, -0.25) is 9.59 Å². The van der Waals surface area contributed by atoms with E-state index in [4.69, 9.17) is 0 Å². The second-order valence-corrected chi connectivity index (χ2v) is 5.76. The highest BCUT2D eigenvalue weighted by Crippen LogP contribution is 2.24. The van der Waals surface area contributed by atoms with E-state index in [1.807, 2.05) is 0 Å². The Balaban J connectivity index is 1.99. The third kappa shape index (κ3) is 3.66. The van der Waals surface area contributed by atoms with E-state index >= 15 is 0 Å². The number of piperidine rings is 1. The number of nitro groups is 1. The van der Waals surface area contributed by atoms with Gasteiger partial charge in [0, 0.05) is 32.5 Å². The maximum Gasteiger partial charge on any atom is 0.381 e. The molecule has 0 aliphatic carbocycles. The van der Waals surface area contributed by atoms with Crippen molar-refractivity contribution in [2.75, 3.05) is 6.54 Å². The van der Waals surface area contributed by atoms with Gasteiger partial charge in [0.2, 0.25) is 11.7 Å². The summed E-state index contributed by atoms with van der Waals surface area (Å²) >= 11 is 0. The van der Waals surface area contributed by atoms with Crippen LogP contribution in [0.15, 0.2) is 6.20 Å². The summed E-state index contributed by atoms with van der Waals surface area (Å²) in [6.45, 7) is 4.23. The number of amides is 1. The van der Waals surface area contributed by atoms with Crippen molar-refractivity contribution in [3.8, 4) is 0 Å². The van der Waals surface area contributed by atoms with E-state index in [-0.39, 0.29) is 30.7 Å². The summed E-state index contributed by atoms with van der Waals surface area (Å²) in [6, 6.07) is -0.341. The number of nitrogens with zero attached hydrogens (tertiary/aromatic N) is 4. The normalized spacial score (nSPS) is 21.2. The zero-order chi connectivity index (χ0) is 17.1. The van der Waals surface area contributed by atoms with Gasteiger partial charge in [0.15, 0.2) is 0 Å². The van der Waals surface area contributed by atoms with Crippen LogP contribution < -0.4 is 0 Å². The largest absolute Gasteiger partial charge is 0.481 e. The summed E-state index contributed by atoms with van der Waals surface area (Å²) in [5, 5.41) is 19.9. The Hall–Kier alpha value is -2.45. The smallest absolute Gasteiger partial charge is 0.381 e. The molecule has 1 saturated heterocycles. The Bertz CT molecular complexity index is 627. The molecule has 0 aromatic carbocycles. The minimum Gasteiger partial charge on any atom is -0.481 e. The fourth-order valence-electron chi connectivity index (χ4n) is 2.99. The molecule has 23 heavy (non-hydrogen) atoms. The van der Waals surface area contributed by atoms with Crippen LogP contribution in [0.5, 0.6) is 0 Å². The summed E-state index contributed by atoms with van der Waals surface area (Å²) < 4.78 is 1.57. The third-order valence-corrected chi connectivity index (χ3v) is 4.34. The summed E-state index contributed by atoms with van der Waals surface area (Å²) in [7, 11) is 0.